The number of nitrogens with one attached hydrogen (secondary N) is 2. The normalized spacial score (nSPS) is 19.2. The van der Waals surface area contributed by atoms with Crippen molar-refractivity contribution in [1.29, 1.82) is 0 Å². The average Bonchev–Trinajstić information content (AvgIpc) is 2.39. The molecular weight excluding hydrogens is 368 g/mol. The molecule has 0 spiro atoms. The van der Waals surface area contributed by atoms with Crippen LogP contribution in [-0.4, -0.2) is 34.7 Å². The van der Waals surface area contributed by atoms with Crippen LogP contribution in [0.4, 0.5) is 0 Å². The molecule has 8 heteroatoms. The van der Waals surface area contributed by atoms with Crippen LogP contribution in [-0.2, 0) is 10.0 Å². The zero-order chi connectivity index (χ0) is 13.9. The van der Waals surface area contributed by atoms with E-state index < -0.39 is 10.0 Å². The van der Waals surface area contributed by atoms with Gasteiger partial charge in [-0.25, -0.2) is 13.1 Å². The van der Waals surface area contributed by atoms with Gasteiger partial charge in [-0.15, -0.1) is 12.4 Å². The number of halogens is 2. The molecule has 1 saturated heterocycles. The molecular formula is C12H18BrClN2O3S. The van der Waals surface area contributed by atoms with Crippen molar-refractivity contribution in [2.75, 3.05) is 20.2 Å². The van der Waals surface area contributed by atoms with Crippen molar-refractivity contribution in [3.63, 3.8) is 0 Å². The zero-order valence-electron chi connectivity index (χ0n) is 11.1. The second kappa shape index (κ2) is 7.61. The largest absolute Gasteiger partial charge is 0.495 e. The van der Waals surface area contributed by atoms with Gasteiger partial charge >= 0.3 is 0 Å². The van der Waals surface area contributed by atoms with Gasteiger partial charge in [-0.1, -0.05) is 15.9 Å². The molecule has 1 atom stereocenters. The van der Waals surface area contributed by atoms with Crippen molar-refractivity contribution in [2.45, 2.75) is 23.8 Å². The number of rotatable bonds is 4. The van der Waals surface area contributed by atoms with Crippen LogP contribution in [0.25, 0.3) is 0 Å². The van der Waals surface area contributed by atoms with E-state index in [1.807, 2.05) is 0 Å². The lowest BCUT2D eigenvalue weighted by molar-refractivity contribution is 0.399. The fraction of sp³-hybridized carbons (Fsp3) is 0.500. The molecule has 0 radical (unpaired) electrons. The number of piperidine rings is 1. The van der Waals surface area contributed by atoms with Gasteiger partial charge in [-0.3, -0.25) is 0 Å². The van der Waals surface area contributed by atoms with Gasteiger partial charge in [0.2, 0.25) is 10.0 Å². The Morgan fingerprint density at radius 1 is 1.45 bits per heavy atom. The van der Waals surface area contributed by atoms with Crippen LogP contribution >= 0.6 is 28.3 Å². The highest BCUT2D eigenvalue weighted by molar-refractivity contribution is 9.10. The second-order valence-electron chi connectivity index (χ2n) is 4.46. The van der Waals surface area contributed by atoms with Crippen LogP contribution in [0, 0.1) is 0 Å². The van der Waals surface area contributed by atoms with E-state index in [1.165, 1.54) is 7.11 Å². The van der Waals surface area contributed by atoms with Gasteiger partial charge in [-0.05, 0) is 37.6 Å². The Kier molecular flexibility index (Phi) is 6.74. The number of hydrogen-bond donors (Lipinski definition) is 2. The topological polar surface area (TPSA) is 67.4 Å². The summed E-state index contributed by atoms with van der Waals surface area (Å²) in [5, 5.41) is 3.18. The minimum absolute atomic E-state index is 0. The Balaban J connectivity index is 0.00000200. The lowest BCUT2D eigenvalue weighted by Crippen LogP contribution is -2.45. The maximum Gasteiger partial charge on any atom is 0.244 e. The molecule has 0 bridgehead atoms. The average molecular weight is 386 g/mol. The molecule has 2 N–H and O–H groups in total. The molecule has 114 valence electrons. The number of sulfonamides is 1. The summed E-state index contributed by atoms with van der Waals surface area (Å²) in [6.45, 7) is 1.61. The molecule has 5 nitrogen and oxygen atoms in total. The third-order valence-electron chi connectivity index (χ3n) is 3.03. The number of methoxy groups -OCH3 is 1. The maximum absolute atomic E-state index is 12.4. The summed E-state index contributed by atoms with van der Waals surface area (Å²) in [6.07, 6.45) is 1.82. The molecule has 20 heavy (non-hydrogen) atoms. The van der Waals surface area contributed by atoms with Crippen LogP contribution in [0.2, 0.25) is 0 Å². The monoisotopic (exact) mass is 384 g/mol. The van der Waals surface area contributed by atoms with E-state index >= 15 is 0 Å². The first-order valence-electron chi connectivity index (χ1n) is 6.09. The summed E-state index contributed by atoms with van der Waals surface area (Å²) in [6, 6.07) is 4.87. The molecule has 2 rings (SSSR count). The van der Waals surface area contributed by atoms with Crippen LogP contribution in [0.3, 0.4) is 0 Å². The highest BCUT2D eigenvalue weighted by Gasteiger charge is 2.24. The summed E-state index contributed by atoms with van der Waals surface area (Å²) in [7, 11) is -2.11. The summed E-state index contributed by atoms with van der Waals surface area (Å²) < 4.78 is 33.3. The predicted octanol–water partition coefficient (Wildman–Crippen LogP) is 1.91. The van der Waals surface area contributed by atoms with Crippen molar-refractivity contribution in [3.05, 3.63) is 22.7 Å². The van der Waals surface area contributed by atoms with E-state index in [0.29, 0.717) is 16.8 Å². The Morgan fingerprint density at radius 2 is 2.20 bits per heavy atom. The van der Waals surface area contributed by atoms with Crippen molar-refractivity contribution >= 4 is 38.4 Å². The summed E-state index contributed by atoms with van der Waals surface area (Å²) >= 11 is 3.28. The number of hydrogen-bond acceptors (Lipinski definition) is 4. The molecule has 0 aromatic heterocycles. The van der Waals surface area contributed by atoms with Crippen molar-refractivity contribution in [1.82, 2.24) is 10.0 Å². The Hall–Kier alpha value is -0.340. The third-order valence-corrected chi connectivity index (χ3v) is 5.07. The summed E-state index contributed by atoms with van der Waals surface area (Å²) in [4.78, 5) is 0.162. The van der Waals surface area contributed by atoms with Gasteiger partial charge in [-0.2, -0.15) is 0 Å². The third kappa shape index (κ3) is 4.33. The molecule has 0 unspecified atom stereocenters. The quantitative estimate of drug-likeness (QED) is 0.831. The van der Waals surface area contributed by atoms with E-state index in [2.05, 4.69) is 26.0 Å². The lowest BCUT2D eigenvalue weighted by Gasteiger charge is -2.24. The van der Waals surface area contributed by atoms with Crippen molar-refractivity contribution in [2.24, 2.45) is 0 Å². The standard InChI is InChI=1S/C12H17BrN2O3S.ClH/c1-18-11-5-4-9(13)7-12(11)19(16,17)15-10-3-2-6-14-8-10;/h4-5,7,10,14-15H,2-3,6,8H2,1H3;1H/t10-;/m1./s1. The van der Waals surface area contributed by atoms with Gasteiger partial charge in [0.05, 0.1) is 7.11 Å². The molecule has 1 aromatic rings. The van der Waals surface area contributed by atoms with Crippen LogP contribution in [0.1, 0.15) is 12.8 Å². The van der Waals surface area contributed by atoms with Crippen molar-refractivity contribution < 1.29 is 13.2 Å². The number of benzene rings is 1. The van der Waals surface area contributed by atoms with Crippen LogP contribution in [0.5, 0.6) is 5.75 Å². The van der Waals surface area contributed by atoms with E-state index in [4.69, 9.17) is 4.74 Å². The highest BCUT2D eigenvalue weighted by atomic mass is 79.9. The minimum Gasteiger partial charge on any atom is -0.495 e. The highest BCUT2D eigenvalue weighted by Crippen LogP contribution is 2.27. The lowest BCUT2D eigenvalue weighted by atomic mass is 10.1. The molecule has 0 aliphatic carbocycles. The first kappa shape index (κ1) is 17.7. The number of ether oxygens (including phenoxy) is 1. The predicted molar refractivity (Wildman–Crippen MR) is 84.2 cm³/mol. The van der Waals surface area contributed by atoms with E-state index in [9.17, 15) is 8.42 Å². The molecule has 1 aliphatic rings. The SMILES string of the molecule is COc1ccc(Br)cc1S(=O)(=O)N[C@@H]1CCCNC1.Cl. The minimum atomic E-state index is -3.57. The molecule has 0 amide bonds. The Labute approximate surface area is 134 Å². The second-order valence-corrected chi connectivity index (χ2v) is 7.06. The first-order chi connectivity index (χ1) is 9.03. The zero-order valence-corrected chi connectivity index (χ0v) is 14.3. The fourth-order valence-corrected chi connectivity index (χ4v) is 4.07. The van der Waals surface area contributed by atoms with Gasteiger partial charge in [0.25, 0.3) is 0 Å². The van der Waals surface area contributed by atoms with Gasteiger partial charge < -0.3 is 10.1 Å². The molecule has 1 aliphatic heterocycles. The molecule has 1 fully saturated rings. The first-order valence-corrected chi connectivity index (χ1v) is 8.37. The van der Waals surface area contributed by atoms with E-state index in [-0.39, 0.29) is 23.3 Å². The van der Waals surface area contributed by atoms with Gasteiger partial charge in [0, 0.05) is 17.1 Å². The Morgan fingerprint density at radius 3 is 2.80 bits per heavy atom. The van der Waals surface area contributed by atoms with Crippen molar-refractivity contribution in [3.8, 4) is 5.75 Å². The summed E-state index contributed by atoms with van der Waals surface area (Å²) in [5.74, 6) is 0.347. The van der Waals surface area contributed by atoms with Gasteiger partial charge in [0.1, 0.15) is 10.6 Å². The van der Waals surface area contributed by atoms with E-state index in [1.54, 1.807) is 18.2 Å². The Bertz CT molecular complexity index is 548. The van der Waals surface area contributed by atoms with Crippen LogP contribution < -0.4 is 14.8 Å². The van der Waals surface area contributed by atoms with Crippen LogP contribution in [0.15, 0.2) is 27.6 Å². The molecule has 1 heterocycles. The smallest absolute Gasteiger partial charge is 0.244 e. The molecule has 0 saturated carbocycles. The molecule has 1 aromatic carbocycles. The summed E-state index contributed by atoms with van der Waals surface area (Å²) in [5.41, 5.74) is 0. The van der Waals surface area contributed by atoms with Gasteiger partial charge in [0.15, 0.2) is 0 Å². The van der Waals surface area contributed by atoms with E-state index in [0.717, 1.165) is 19.4 Å². The maximum atomic E-state index is 12.4. The fourth-order valence-electron chi connectivity index (χ4n) is 2.10.